The fourth-order valence-corrected chi connectivity index (χ4v) is 3.14. The van der Waals surface area contributed by atoms with Crippen LogP contribution in [0.3, 0.4) is 0 Å². The third-order valence-electron chi connectivity index (χ3n) is 2.74. The summed E-state index contributed by atoms with van der Waals surface area (Å²) >= 11 is 4.53. The first-order valence-corrected chi connectivity index (χ1v) is 7.61. The Labute approximate surface area is 133 Å². The molecule has 0 saturated heterocycles. The smallest absolute Gasteiger partial charge is 0.355 e. The van der Waals surface area contributed by atoms with Gasteiger partial charge in [0.25, 0.3) is 5.91 Å². The lowest BCUT2D eigenvalue weighted by Crippen LogP contribution is -2.16. The molecule has 21 heavy (non-hydrogen) atoms. The van der Waals surface area contributed by atoms with Gasteiger partial charge < -0.3 is 16.2 Å². The predicted octanol–water partition coefficient (Wildman–Crippen LogP) is 2.88. The van der Waals surface area contributed by atoms with Gasteiger partial charge in [-0.2, -0.15) is 0 Å². The average molecular weight is 370 g/mol. The zero-order valence-corrected chi connectivity index (χ0v) is 13.4. The van der Waals surface area contributed by atoms with E-state index in [0.717, 1.165) is 0 Å². The van der Waals surface area contributed by atoms with Crippen LogP contribution in [0.5, 0.6) is 0 Å². The molecule has 0 aliphatic rings. The highest BCUT2D eigenvalue weighted by molar-refractivity contribution is 9.10. The minimum atomic E-state index is -1.06. The molecule has 110 valence electrons. The minimum Gasteiger partial charge on any atom is -0.476 e. The lowest BCUT2D eigenvalue weighted by molar-refractivity contribution is 0.0691. The summed E-state index contributed by atoms with van der Waals surface area (Å²) in [5.41, 5.74) is 6.29. The van der Waals surface area contributed by atoms with Crippen molar-refractivity contribution < 1.29 is 14.7 Å². The summed E-state index contributed by atoms with van der Waals surface area (Å²) in [6.45, 7) is 1.83. The number of aromatic carboxylic acids is 1. The quantitative estimate of drug-likeness (QED) is 0.751. The number of aromatic nitrogens is 1. The number of hydrogen-bond donors (Lipinski definition) is 3. The molecule has 1 heterocycles. The molecule has 0 aliphatic carbocycles. The molecule has 1 aromatic heterocycles. The molecule has 1 unspecified atom stereocenters. The van der Waals surface area contributed by atoms with Gasteiger partial charge in [-0.05, 0) is 35.0 Å². The summed E-state index contributed by atoms with van der Waals surface area (Å²) in [5, 5.41) is 14.1. The third kappa shape index (κ3) is 3.40. The Morgan fingerprint density at radius 3 is 2.76 bits per heavy atom. The van der Waals surface area contributed by atoms with Crippen molar-refractivity contribution in [2.45, 2.75) is 13.0 Å². The molecule has 1 atom stereocenters. The second kappa shape index (κ2) is 6.23. The normalized spacial score (nSPS) is 11.9. The topological polar surface area (TPSA) is 105 Å². The number of nitrogens with one attached hydrogen (secondary N) is 1. The summed E-state index contributed by atoms with van der Waals surface area (Å²) in [7, 11) is 0. The molecule has 0 radical (unpaired) electrons. The lowest BCUT2D eigenvalue weighted by atomic mass is 10.1. The molecule has 4 N–H and O–H groups in total. The molecule has 1 aromatic carbocycles. The van der Waals surface area contributed by atoms with E-state index in [2.05, 4.69) is 26.2 Å². The van der Waals surface area contributed by atoms with Crippen LogP contribution in [0.25, 0.3) is 0 Å². The maximum Gasteiger partial charge on any atom is 0.355 e. The van der Waals surface area contributed by atoms with Crippen molar-refractivity contribution in [2.24, 2.45) is 5.73 Å². The van der Waals surface area contributed by atoms with E-state index in [1.54, 1.807) is 18.2 Å². The lowest BCUT2D eigenvalue weighted by Gasteiger charge is -2.16. The summed E-state index contributed by atoms with van der Waals surface area (Å²) < 4.78 is 0.595. The van der Waals surface area contributed by atoms with Crippen LogP contribution in [0.15, 0.2) is 28.1 Å². The number of rotatable bonds is 5. The number of halogens is 1. The Bertz CT molecular complexity index is 702. The fourth-order valence-electron chi connectivity index (χ4n) is 1.77. The first-order valence-electron chi connectivity index (χ1n) is 5.93. The Morgan fingerprint density at radius 1 is 1.48 bits per heavy atom. The first-order chi connectivity index (χ1) is 9.90. The predicted molar refractivity (Wildman–Crippen MR) is 83.8 cm³/mol. The summed E-state index contributed by atoms with van der Waals surface area (Å²) in [6.07, 6.45) is 0. The van der Waals surface area contributed by atoms with Crippen LogP contribution in [-0.2, 0) is 0 Å². The molecular formula is C13H12BrN3O3S. The molecule has 2 aromatic rings. The monoisotopic (exact) mass is 369 g/mol. The number of hydrogen-bond acceptors (Lipinski definition) is 5. The number of carbonyl (C=O) groups excluding carboxylic acids is 1. The number of carbonyl (C=O) groups is 2. The Morgan fingerprint density at radius 2 is 2.19 bits per heavy atom. The molecule has 8 heteroatoms. The van der Waals surface area contributed by atoms with Crippen LogP contribution in [0, 0.1) is 0 Å². The molecule has 0 saturated carbocycles. The van der Waals surface area contributed by atoms with E-state index in [0.29, 0.717) is 20.7 Å². The number of primary amides is 1. The van der Waals surface area contributed by atoms with Crippen molar-refractivity contribution in [1.82, 2.24) is 4.98 Å². The van der Waals surface area contributed by atoms with Gasteiger partial charge in [0.05, 0.1) is 11.6 Å². The molecule has 1 amide bonds. The van der Waals surface area contributed by atoms with Crippen molar-refractivity contribution in [2.75, 3.05) is 5.32 Å². The van der Waals surface area contributed by atoms with Crippen molar-refractivity contribution in [1.29, 1.82) is 0 Å². The number of thiazole rings is 1. The van der Waals surface area contributed by atoms with Gasteiger partial charge in [0, 0.05) is 15.5 Å². The van der Waals surface area contributed by atoms with Gasteiger partial charge >= 0.3 is 5.97 Å². The van der Waals surface area contributed by atoms with Crippen molar-refractivity contribution in [3.05, 3.63) is 44.3 Å². The van der Waals surface area contributed by atoms with Gasteiger partial charge in [0.2, 0.25) is 0 Å². The Hall–Kier alpha value is -1.93. The van der Waals surface area contributed by atoms with E-state index in [1.807, 2.05) is 6.92 Å². The number of nitrogens with two attached hydrogens (primary N) is 1. The van der Waals surface area contributed by atoms with Gasteiger partial charge in [0.1, 0.15) is 5.01 Å². The highest BCUT2D eigenvalue weighted by atomic mass is 79.9. The van der Waals surface area contributed by atoms with Crippen LogP contribution in [0.1, 0.15) is 38.8 Å². The van der Waals surface area contributed by atoms with Crippen LogP contribution in [0.4, 0.5) is 5.69 Å². The van der Waals surface area contributed by atoms with Crippen LogP contribution in [0.2, 0.25) is 0 Å². The largest absolute Gasteiger partial charge is 0.476 e. The zero-order chi connectivity index (χ0) is 15.6. The van der Waals surface area contributed by atoms with Gasteiger partial charge in [-0.15, -0.1) is 11.3 Å². The van der Waals surface area contributed by atoms with Crippen molar-refractivity contribution >= 4 is 44.8 Å². The van der Waals surface area contributed by atoms with Crippen LogP contribution < -0.4 is 11.1 Å². The zero-order valence-electron chi connectivity index (χ0n) is 11.0. The molecule has 0 spiro atoms. The average Bonchev–Trinajstić information content (AvgIpc) is 2.88. The fraction of sp³-hybridized carbons (Fsp3) is 0.154. The third-order valence-corrected chi connectivity index (χ3v) is 4.43. The van der Waals surface area contributed by atoms with E-state index < -0.39 is 11.9 Å². The van der Waals surface area contributed by atoms with E-state index in [1.165, 1.54) is 16.7 Å². The minimum absolute atomic E-state index is 0.00742. The highest BCUT2D eigenvalue weighted by Crippen LogP contribution is 2.28. The van der Waals surface area contributed by atoms with E-state index in [4.69, 9.17) is 10.8 Å². The number of benzene rings is 1. The van der Waals surface area contributed by atoms with E-state index >= 15 is 0 Å². The summed E-state index contributed by atoms with van der Waals surface area (Å²) in [5.74, 6) is -1.62. The summed E-state index contributed by atoms with van der Waals surface area (Å²) in [6, 6.07) is 4.97. The van der Waals surface area contributed by atoms with E-state index in [9.17, 15) is 9.59 Å². The maximum atomic E-state index is 11.5. The van der Waals surface area contributed by atoms with Crippen LogP contribution in [-0.4, -0.2) is 22.0 Å². The van der Waals surface area contributed by atoms with Gasteiger partial charge in [-0.1, -0.05) is 6.07 Å². The number of nitrogens with zero attached hydrogens (tertiary/aromatic N) is 1. The maximum absolute atomic E-state index is 11.5. The standard InChI is InChI=1S/C13H12BrN3O3S/c1-6(12-17-9(5-21-12)13(19)20)16-8-4-2-3-7(14)10(8)11(15)18/h2-6,16H,1H3,(H2,15,18)(H,19,20). The second-order valence-corrected chi connectivity index (χ2v) is 6.01. The van der Waals surface area contributed by atoms with Crippen LogP contribution >= 0.6 is 27.3 Å². The molecule has 0 aliphatic heterocycles. The first kappa shape index (κ1) is 15.5. The molecular weight excluding hydrogens is 358 g/mol. The molecule has 0 fully saturated rings. The molecule has 0 bridgehead atoms. The number of carboxylic acids is 1. The molecule has 6 nitrogen and oxygen atoms in total. The van der Waals surface area contributed by atoms with E-state index in [-0.39, 0.29) is 11.7 Å². The van der Waals surface area contributed by atoms with Crippen molar-refractivity contribution in [3.8, 4) is 0 Å². The van der Waals surface area contributed by atoms with Gasteiger partial charge in [-0.25, -0.2) is 9.78 Å². The molecule has 2 rings (SSSR count). The Balaban J connectivity index is 2.27. The van der Waals surface area contributed by atoms with Gasteiger partial charge in [0.15, 0.2) is 5.69 Å². The number of anilines is 1. The van der Waals surface area contributed by atoms with Crippen molar-refractivity contribution in [3.63, 3.8) is 0 Å². The Kier molecular flexibility index (Phi) is 4.59. The highest BCUT2D eigenvalue weighted by Gasteiger charge is 2.17. The number of carboxylic acid groups (broad SMARTS) is 1. The number of amides is 1. The summed E-state index contributed by atoms with van der Waals surface area (Å²) in [4.78, 5) is 26.4. The van der Waals surface area contributed by atoms with Gasteiger partial charge in [-0.3, -0.25) is 4.79 Å². The SMILES string of the molecule is CC(Nc1cccc(Br)c1C(N)=O)c1nc(C(=O)O)cs1. The second-order valence-electron chi connectivity index (χ2n) is 4.27.